The third kappa shape index (κ3) is 2.87. The van der Waals surface area contributed by atoms with E-state index in [4.69, 9.17) is 5.73 Å². The molecule has 0 fully saturated rings. The standard InChI is InChI=1S/C10H18N4/c1-4-7(2)8(3)13-9-5-6-12-10(11)14-9/h5-8H,4H2,1-3H3,(H3,11,12,13,14). The molecule has 4 heteroatoms. The van der Waals surface area contributed by atoms with Gasteiger partial charge in [0.15, 0.2) is 0 Å². The number of nitrogens with zero attached hydrogens (tertiary/aromatic N) is 2. The number of anilines is 2. The number of nitrogen functional groups attached to an aromatic ring is 1. The summed E-state index contributed by atoms with van der Waals surface area (Å²) in [5.74, 6) is 1.72. The molecular weight excluding hydrogens is 176 g/mol. The normalized spacial score (nSPS) is 14.8. The lowest BCUT2D eigenvalue weighted by molar-refractivity contribution is 0.493. The summed E-state index contributed by atoms with van der Waals surface area (Å²) in [6.07, 6.45) is 2.81. The van der Waals surface area contributed by atoms with E-state index in [1.807, 2.05) is 6.07 Å². The van der Waals surface area contributed by atoms with Gasteiger partial charge in [0.05, 0.1) is 0 Å². The zero-order valence-corrected chi connectivity index (χ0v) is 8.99. The second-order valence-corrected chi connectivity index (χ2v) is 3.62. The van der Waals surface area contributed by atoms with Crippen LogP contribution in [0.25, 0.3) is 0 Å². The molecule has 0 bridgehead atoms. The third-order valence-corrected chi connectivity index (χ3v) is 2.55. The summed E-state index contributed by atoms with van der Waals surface area (Å²) in [4.78, 5) is 7.92. The Kier molecular flexibility index (Phi) is 3.68. The smallest absolute Gasteiger partial charge is 0.221 e. The Morgan fingerprint density at radius 2 is 2.21 bits per heavy atom. The molecule has 1 heterocycles. The molecule has 0 saturated carbocycles. The molecule has 14 heavy (non-hydrogen) atoms. The van der Waals surface area contributed by atoms with Crippen LogP contribution in [0.1, 0.15) is 27.2 Å². The van der Waals surface area contributed by atoms with Gasteiger partial charge in [-0.15, -0.1) is 0 Å². The van der Waals surface area contributed by atoms with Crippen LogP contribution in [0.4, 0.5) is 11.8 Å². The Balaban J connectivity index is 2.60. The van der Waals surface area contributed by atoms with Crippen molar-refractivity contribution in [2.75, 3.05) is 11.1 Å². The summed E-state index contributed by atoms with van der Waals surface area (Å²) in [5.41, 5.74) is 5.48. The molecule has 0 saturated heterocycles. The second-order valence-electron chi connectivity index (χ2n) is 3.62. The number of rotatable bonds is 4. The highest BCUT2D eigenvalue weighted by molar-refractivity contribution is 5.38. The molecule has 2 atom stereocenters. The minimum Gasteiger partial charge on any atom is -0.368 e. The number of nitrogens with two attached hydrogens (primary N) is 1. The second kappa shape index (κ2) is 4.79. The average molecular weight is 194 g/mol. The first-order valence-electron chi connectivity index (χ1n) is 4.98. The fraction of sp³-hybridized carbons (Fsp3) is 0.600. The van der Waals surface area contributed by atoms with E-state index in [0.29, 0.717) is 17.9 Å². The zero-order chi connectivity index (χ0) is 10.6. The molecule has 1 aromatic heterocycles. The van der Waals surface area contributed by atoms with Crippen LogP contribution in [-0.2, 0) is 0 Å². The van der Waals surface area contributed by atoms with Gasteiger partial charge in [0.1, 0.15) is 5.82 Å². The number of hydrogen-bond donors (Lipinski definition) is 2. The van der Waals surface area contributed by atoms with Crippen LogP contribution >= 0.6 is 0 Å². The molecule has 0 aliphatic heterocycles. The molecule has 78 valence electrons. The summed E-state index contributed by atoms with van der Waals surface area (Å²) >= 11 is 0. The van der Waals surface area contributed by atoms with Crippen molar-refractivity contribution in [1.29, 1.82) is 0 Å². The van der Waals surface area contributed by atoms with E-state index in [2.05, 4.69) is 36.1 Å². The first-order valence-corrected chi connectivity index (χ1v) is 4.98. The van der Waals surface area contributed by atoms with Crippen molar-refractivity contribution in [3.63, 3.8) is 0 Å². The highest BCUT2D eigenvalue weighted by atomic mass is 15.1. The van der Waals surface area contributed by atoms with Gasteiger partial charge in [0.2, 0.25) is 5.95 Å². The molecule has 0 aliphatic rings. The summed E-state index contributed by atoms with van der Waals surface area (Å²) in [7, 11) is 0. The average Bonchev–Trinajstić information content (AvgIpc) is 2.16. The summed E-state index contributed by atoms with van der Waals surface area (Å²) in [6.45, 7) is 6.53. The maximum atomic E-state index is 5.48. The Morgan fingerprint density at radius 3 is 2.79 bits per heavy atom. The fourth-order valence-electron chi connectivity index (χ4n) is 1.18. The van der Waals surface area contributed by atoms with Crippen LogP contribution in [0.5, 0.6) is 0 Å². The Morgan fingerprint density at radius 1 is 1.50 bits per heavy atom. The van der Waals surface area contributed by atoms with Gasteiger partial charge in [0, 0.05) is 12.2 Å². The molecule has 2 unspecified atom stereocenters. The quantitative estimate of drug-likeness (QED) is 0.768. The highest BCUT2D eigenvalue weighted by Crippen LogP contribution is 2.12. The van der Waals surface area contributed by atoms with Gasteiger partial charge >= 0.3 is 0 Å². The van der Waals surface area contributed by atoms with Gasteiger partial charge in [-0.1, -0.05) is 20.3 Å². The SMILES string of the molecule is CCC(C)C(C)Nc1ccnc(N)n1. The number of aromatic nitrogens is 2. The lowest BCUT2D eigenvalue weighted by atomic mass is 10.0. The van der Waals surface area contributed by atoms with E-state index in [1.54, 1.807) is 6.20 Å². The van der Waals surface area contributed by atoms with Crippen molar-refractivity contribution in [3.8, 4) is 0 Å². The van der Waals surface area contributed by atoms with Gasteiger partial charge in [-0.2, -0.15) is 4.98 Å². The lowest BCUT2D eigenvalue weighted by Gasteiger charge is -2.20. The molecular formula is C10H18N4. The van der Waals surface area contributed by atoms with Crippen LogP contribution in [-0.4, -0.2) is 16.0 Å². The van der Waals surface area contributed by atoms with Gasteiger partial charge in [-0.05, 0) is 18.9 Å². The van der Waals surface area contributed by atoms with Gasteiger partial charge in [0.25, 0.3) is 0 Å². The summed E-state index contributed by atoms with van der Waals surface area (Å²) < 4.78 is 0. The van der Waals surface area contributed by atoms with Crippen molar-refractivity contribution in [2.45, 2.75) is 33.2 Å². The monoisotopic (exact) mass is 194 g/mol. The van der Waals surface area contributed by atoms with Crippen LogP contribution < -0.4 is 11.1 Å². The van der Waals surface area contributed by atoms with Crippen LogP contribution in [0.2, 0.25) is 0 Å². The van der Waals surface area contributed by atoms with E-state index in [0.717, 1.165) is 12.2 Å². The first kappa shape index (κ1) is 10.8. The predicted octanol–water partition coefficient (Wildman–Crippen LogP) is 1.91. The van der Waals surface area contributed by atoms with Crippen molar-refractivity contribution in [3.05, 3.63) is 12.3 Å². The van der Waals surface area contributed by atoms with Crippen LogP contribution in [0.3, 0.4) is 0 Å². The highest BCUT2D eigenvalue weighted by Gasteiger charge is 2.10. The van der Waals surface area contributed by atoms with Gasteiger partial charge in [-0.25, -0.2) is 4.98 Å². The first-order chi connectivity index (χ1) is 6.63. The number of nitrogens with one attached hydrogen (secondary N) is 1. The van der Waals surface area contributed by atoms with Crippen LogP contribution in [0, 0.1) is 5.92 Å². The minimum atomic E-state index is 0.311. The maximum absolute atomic E-state index is 5.48. The predicted molar refractivity (Wildman–Crippen MR) is 59.0 cm³/mol. The Labute approximate surface area is 85.0 Å². The third-order valence-electron chi connectivity index (χ3n) is 2.55. The number of hydrogen-bond acceptors (Lipinski definition) is 4. The van der Waals surface area contributed by atoms with Crippen molar-refractivity contribution in [2.24, 2.45) is 5.92 Å². The summed E-state index contributed by atoms with van der Waals surface area (Å²) in [5, 5.41) is 3.30. The zero-order valence-electron chi connectivity index (χ0n) is 8.99. The minimum absolute atomic E-state index is 0.311. The van der Waals surface area contributed by atoms with E-state index >= 15 is 0 Å². The Hall–Kier alpha value is -1.32. The molecule has 0 radical (unpaired) electrons. The molecule has 0 aromatic carbocycles. The van der Waals surface area contributed by atoms with Gasteiger partial charge in [-0.3, -0.25) is 0 Å². The van der Waals surface area contributed by atoms with Gasteiger partial charge < -0.3 is 11.1 Å². The molecule has 3 N–H and O–H groups in total. The van der Waals surface area contributed by atoms with E-state index in [1.165, 1.54) is 0 Å². The van der Waals surface area contributed by atoms with Crippen molar-refractivity contribution in [1.82, 2.24) is 9.97 Å². The maximum Gasteiger partial charge on any atom is 0.221 e. The summed E-state index contributed by atoms with van der Waals surface area (Å²) in [6, 6.07) is 2.23. The molecule has 0 spiro atoms. The molecule has 0 amide bonds. The van der Waals surface area contributed by atoms with E-state index < -0.39 is 0 Å². The van der Waals surface area contributed by atoms with E-state index in [9.17, 15) is 0 Å². The molecule has 1 rings (SSSR count). The largest absolute Gasteiger partial charge is 0.368 e. The topological polar surface area (TPSA) is 63.8 Å². The molecule has 0 aliphatic carbocycles. The lowest BCUT2D eigenvalue weighted by Crippen LogP contribution is -2.23. The Bertz CT molecular complexity index is 287. The van der Waals surface area contributed by atoms with E-state index in [-0.39, 0.29) is 0 Å². The molecule has 4 nitrogen and oxygen atoms in total. The fourth-order valence-corrected chi connectivity index (χ4v) is 1.18. The van der Waals surface area contributed by atoms with Crippen LogP contribution in [0.15, 0.2) is 12.3 Å². The van der Waals surface area contributed by atoms with Crippen molar-refractivity contribution < 1.29 is 0 Å². The molecule has 1 aromatic rings. The van der Waals surface area contributed by atoms with Crippen molar-refractivity contribution >= 4 is 11.8 Å².